The van der Waals surface area contributed by atoms with Crippen molar-refractivity contribution in [1.82, 2.24) is 0 Å². The zero-order chi connectivity index (χ0) is 25.8. The van der Waals surface area contributed by atoms with Crippen molar-refractivity contribution in [2.75, 3.05) is 36.5 Å². The minimum atomic E-state index is -0.774. The van der Waals surface area contributed by atoms with E-state index in [1.54, 1.807) is 19.2 Å². The molecule has 1 N–H and O–H groups in total. The number of halogens is 1. The molecule has 0 amide bonds. The third-order valence-corrected chi connectivity index (χ3v) is 7.50. The summed E-state index contributed by atoms with van der Waals surface area (Å²) >= 11 is 0. The van der Waals surface area contributed by atoms with E-state index in [4.69, 9.17) is 9.47 Å². The molecule has 2 aliphatic rings. The van der Waals surface area contributed by atoms with Gasteiger partial charge in [-0.05, 0) is 48.4 Å². The molecule has 0 aromatic heterocycles. The molecule has 0 aliphatic carbocycles. The van der Waals surface area contributed by atoms with Crippen LogP contribution in [0.2, 0.25) is 0 Å². The molecule has 2 atom stereocenters. The van der Waals surface area contributed by atoms with Crippen molar-refractivity contribution in [1.29, 1.82) is 0 Å². The standard InChI is InChI=1S/C30H33FN2O4/c1-36-27-11-12-28(31)29(19-27)32-15-13-26(14-16-32)37-25-9-7-23(8-10-25)33-20-22(17-24(33)18-30(34)35)21-5-3-2-4-6-21/h2-12,19,22,24,26H,13-18,20H2,1H3,(H,34,35)/t22-,24-/m1/s1. The lowest BCUT2D eigenvalue weighted by Gasteiger charge is -2.34. The van der Waals surface area contributed by atoms with Gasteiger partial charge in [-0.15, -0.1) is 0 Å². The van der Waals surface area contributed by atoms with Crippen LogP contribution >= 0.6 is 0 Å². The number of anilines is 2. The second-order valence-electron chi connectivity index (χ2n) is 9.86. The van der Waals surface area contributed by atoms with Crippen molar-refractivity contribution < 1.29 is 23.8 Å². The number of piperidine rings is 1. The number of methoxy groups -OCH3 is 1. The summed E-state index contributed by atoms with van der Waals surface area (Å²) in [4.78, 5) is 15.8. The SMILES string of the molecule is COc1ccc(F)c(N2CCC(Oc3ccc(N4C[C@H](c5ccccc5)C[C@@H]4CC(=O)O)cc3)CC2)c1. The molecule has 2 aliphatic heterocycles. The molecule has 5 rings (SSSR count). The molecule has 7 heteroatoms. The summed E-state index contributed by atoms with van der Waals surface area (Å²) in [5.41, 5.74) is 2.83. The molecular weight excluding hydrogens is 471 g/mol. The van der Waals surface area contributed by atoms with Gasteiger partial charge in [-0.2, -0.15) is 0 Å². The van der Waals surface area contributed by atoms with Crippen molar-refractivity contribution in [3.8, 4) is 11.5 Å². The van der Waals surface area contributed by atoms with Gasteiger partial charge in [0.1, 0.15) is 23.4 Å². The fraction of sp³-hybridized carbons (Fsp3) is 0.367. The Morgan fingerprint density at radius 3 is 2.38 bits per heavy atom. The molecule has 0 unspecified atom stereocenters. The summed E-state index contributed by atoms with van der Waals surface area (Å²) in [5, 5.41) is 9.48. The van der Waals surface area contributed by atoms with Gasteiger partial charge in [0.05, 0.1) is 19.2 Å². The first kappa shape index (κ1) is 24.9. The smallest absolute Gasteiger partial charge is 0.305 e. The third kappa shape index (κ3) is 5.82. The average molecular weight is 505 g/mol. The van der Waals surface area contributed by atoms with E-state index >= 15 is 0 Å². The summed E-state index contributed by atoms with van der Waals surface area (Å²) < 4.78 is 25.9. The van der Waals surface area contributed by atoms with Crippen LogP contribution in [0.3, 0.4) is 0 Å². The number of hydrogen-bond acceptors (Lipinski definition) is 5. The van der Waals surface area contributed by atoms with Crippen molar-refractivity contribution in [2.45, 2.75) is 43.7 Å². The Balaban J connectivity index is 1.20. The Bertz CT molecular complexity index is 1200. The maximum atomic E-state index is 14.4. The summed E-state index contributed by atoms with van der Waals surface area (Å²) in [6.07, 6.45) is 2.59. The first-order valence-corrected chi connectivity index (χ1v) is 12.9. The summed E-state index contributed by atoms with van der Waals surface area (Å²) in [5.74, 6) is 0.732. The van der Waals surface area contributed by atoms with Gasteiger partial charge in [-0.3, -0.25) is 4.79 Å². The van der Waals surface area contributed by atoms with Crippen LogP contribution in [-0.4, -0.2) is 50.0 Å². The van der Waals surface area contributed by atoms with E-state index in [1.165, 1.54) is 11.6 Å². The molecule has 0 saturated carbocycles. The van der Waals surface area contributed by atoms with E-state index in [-0.39, 0.29) is 24.4 Å². The van der Waals surface area contributed by atoms with E-state index < -0.39 is 5.97 Å². The van der Waals surface area contributed by atoms with Gasteiger partial charge in [-0.25, -0.2) is 4.39 Å². The number of aliphatic carboxylic acids is 1. The Kier molecular flexibility index (Phi) is 7.49. The lowest BCUT2D eigenvalue weighted by Crippen LogP contribution is -2.38. The maximum absolute atomic E-state index is 14.4. The molecule has 0 spiro atoms. The normalized spacial score (nSPS) is 20.2. The van der Waals surface area contributed by atoms with E-state index in [9.17, 15) is 14.3 Å². The number of carboxylic acids is 1. The number of hydrogen-bond donors (Lipinski definition) is 1. The Labute approximate surface area is 217 Å². The van der Waals surface area contributed by atoms with Crippen LogP contribution < -0.4 is 19.3 Å². The highest BCUT2D eigenvalue weighted by molar-refractivity contribution is 5.69. The van der Waals surface area contributed by atoms with Crippen LogP contribution in [0.1, 0.15) is 37.2 Å². The van der Waals surface area contributed by atoms with E-state index in [0.29, 0.717) is 30.4 Å². The number of carbonyl (C=O) groups is 1. The molecule has 2 fully saturated rings. The predicted octanol–water partition coefficient (Wildman–Crippen LogP) is 5.72. The lowest BCUT2D eigenvalue weighted by molar-refractivity contribution is -0.137. The fourth-order valence-electron chi connectivity index (χ4n) is 5.58. The summed E-state index contributed by atoms with van der Waals surface area (Å²) in [6, 6.07) is 23.1. The largest absolute Gasteiger partial charge is 0.497 e. The quantitative estimate of drug-likeness (QED) is 0.423. The van der Waals surface area contributed by atoms with Gasteiger partial charge in [0, 0.05) is 56.2 Å². The maximum Gasteiger partial charge on any atom is 0.305 e. The zero-order valence-corrected chi connectivity index (χ0v) is 21.1. The second kappa shape index (κ2) is 11.1. The topological polar surface area (TPSA) is 62.2 Å². The second-order valence-corrected chi connectivity index (χ2v) is 9.86. The van der Waals surface area contributed by atoms with Gasteiger partial charge >= 0.3 is 5.97 Å². The van der Waals surface area contributed by atoms with Gasteiger partial charge in [-0.1, -0.05) is 30.3 Å². The van der Waals surface area contributed by atoms with Crippen molar-refractivity contribution in [2.24, 2.45) is 0 Å². The monoisotopic (exact) mass is 504 g/mol. The van der Waals surface area contributed by atoms with E-state index in [0.717, 1.165) is 37.2 Å². The number of benzene rings is 3. The Hall–Kier alpha value is -3.74. The summed E-state index contributed by atoms with van der Waals surface area (Å²) in [6.45, 7) is 2.21. The van der Waals surface area contributed by atoms with Gasteiger partial charge < -0.3 is 24.4 Å². The molecule has 0 radical (unpaired) electrons. The predicted molar refractivity (Wildman–Crippen MR) is 142 cm³/mol. The minimum absolute atomic E-state index is 0.0455. The number of nitrogens with zero attached hydrogens (tertiary/aromatic N) is 2. The Morgan fingerprint density at radius 1 is 1.00 bits per heavy atom. The average Bonchev–Trinajstić information content (AvgIpc) is 3.33. The van der Waals surface area contributed by atoms with E-state index in [2.05, 4.69) is 17.0 Å². The van der Waals surface area contributed by atoms with Gasteiger partial charge in [0.2, 0.25) is 0 Å². The number of rotatable bonds is 8. The first-order valence-electron chi connectivity index (χ1n) is 12.9. The number of carboxylic acid groups (broad SMARTS) is 1. The zero-order valence-electron chi connectivity index (χ0n) is 21.1. The van der Waals surface area contributed by atoms with Crippen molar-refractivity contribution >= 4 is 17.3 Å². The highest BCUT2D eigenvalue weighted by atomic mass is 19.1. The lowest BCUT2D eigenvalue weighted by atomic mass is 9.95. The highest BCUT2D eigenvalue weighted by Gasteiger charge is 2.34. The summed E-state index contributed by atoms with van der Waals surface area (Å²) in [7, 11) is 1.58. The molecule has 3 aromatic carbocycles. The molecule has 2 heterocycles. The third-order valence-electron chi connectivity index (χ3n) is 7.50. The van der Waals surface area contributed by atoms with Crippen LogP contribution in [0.15, 0.2) is 72.8 Å². The van der Waals surface area contributed by atoms with Crippen molar-refractivity contribution in [3.63, 3.8) is 0 Å². The highest BCUT2D eigenvalue weighted by Crippen LogP contribution is 2.37. The van der Waals surface area contributed by atoms with Gasteiger partial charge in [0.25, 0.3) is 0 Å². The van der Waals surface area contributed by atoms with Crippen LogP contribution in [0.5, 0.6) is 11.5 Å². The van der Waals surface area contributed by atoms with Crippen LogP contribution in [0.25, 0.3) is 0 Å². The van der Waals surface area contributed by atoms with Gasteiger partial charge in [0.15, 0.2) is 0 Å². The van der Waals surface area contributed by atoms with Crippen LogP contribution in [-0.2, 0) is 4.79 Å². The molecule has 6 nitrogen and oxygen atoms in total. The minimum Gasteiger partial charge on any atom is -0.497 e. The molecule has 194 valence electrons. The molecule has 3 aromatic rings. The molecule has 0 bridgehead atoms. The fourth-order valence-corrected chi connectivity index (χ4v) is 5.58. The molecule has 37 heavy (non-hydrogen) atoms. The van der Waals surface area contributed by atoms with Crippen molar-refractivity contribution in [3.05, 3.63) is 84.2 Å². The first-order chi connectivity index (χ1) is 18.0. The van der Waals surface area contributed by atoms with Crippen LogP contribution in [0, 0.1) is 5.82 Å². The van der Waals surface area contributed by atoms with E-state index in [1.807, 2.05) is 47.4 Å². The number of ether oxygens (including phenoxy) is 2. The molecule has 2 saturated heterocycles. The Morgan fingerprint density at radius 2 is 1.70 bits per heavy atom. The van der Waals surface area contributed by atoms with Crippen LogP contribution in [0.4, 0.5) is 15.8 Å². The molecular formula is C30H33FN2O4.